The molecule has 4 aromatic rings. The summed E-state index contributed by atoms with van der Waals surface area (Å²) in [6.07, 6.45) is 1.63. The number of pyridine rings is 1. The van der Waals surface area contributed by atoms with E-state index in [1.807, 2.05) is 37.3 Å². The van der Waals surface area contributed by atoms with Crippen molar-refractivity contribution in [1.82, 2.24) is 14.9 Å². The summed E-state index contributed by atoms with van der Waals surface area (Å²) in [7, 11) is 1.57. The highest BCUT2D eigenvalue weighted by Crippen LogP contribution is 2.42. The van der Waals surface area contributed by atoms with Crippen molar-refractivity contribution in [2.75, 3.05) is 7.11 Å². The lowest BCUT2D eigenvalue weighted by Gasteiger charge is -2.18. The molecule has 0 bridgehead atoms. The molecule has 3 N–H and O–H groups in total. The average molecular weight is 464 g/mol. The molecule has 8 nitrogen and oxygen atoms in total. The van der Waals surface area contributed by atoms with E-state index >= 15 is 0 Å². The highest BCUT2D eigenvalue weighted by molar-refractivity contribution is 6.25. The first-order valence-electron chi connectivity index (χ1n) is 11.0. The molecule has 8 heteroatoms. The second-order valence-electron chi connectivity index (χ2n) is 8.62. The first kappa shape index (κ1) is 20.8. The standard InChI is InChI=1S/C27H20N4O4/c1-15-4-3-5-19(23(15)32)21-9-6-16(13-28-21)10-11-27-14-31-22(24(27)29-26(34)30-27)18-8-7-17(35-2)12-20(18)25(31)33/h3-9,12-13,32-33H,14H2,1-2H3,(H,30,34)/t27-/m1/s1. The summed E-state index contributed by atoms with van der Waals surface area (Å²) in [5.41, 5.74) is 2.80. The SMILES string of the molecule is COc1ccc2c3n(c(O)c2c1)C[C@@]1(C#Cc2ccc(-c4cccc(C)c4O)nc2)NC(=O)N=C31. The van der Waals surface area contributed by atoms with Crippen LogP contribution in [-0.2, 0) is 6.54 Å². The van der Waals surface area contributed by atoms with Crippen LogP contribution in [0, 0.1) is 18.8 Å². The minimum Gasteiger partial charge on any atom is -0.507 e. The summed E-state index contributed by atoms with van der Waals surface area (Å²) in [5, 5.41) is 25.5. The van der Waals surface area contributed by atoms with Gasteiger partial charge in [0.15, 0.2) is 11.4 Å². The number of ether oxygens (including phenoxy) is 1. The third kappa shape index (κ3) is 3.05. The molecule has 35 heavy (non-hydrogen) atoms. The Bertz CT molecular complexity index is 1640. The monoisotopic (exact) mass is 464 g/mol. The van der Waals surface area contributed by atoms with Crippen molar-refractivity contribution in [2.24, 2.45) is 4.99 Å². The number of para-hydroxylation sites is 1. The first-order valence-corrected chi connectivity index (χ1v) is 11.0. The van der Waals surface area contributed by atoms with Crippen molar-refractivity contribution in [2.45, 2.75) is 19.0 Å². The van der Waals surface area contributed by atoms with Crippen LogP contribution in [0.5, 0.6) is 17.4 Å². The zero-order valence-corrected chi connectivity index (χ0v) is 19.0. The highest BCUT2D eigenvalue weighted by Gasteiger charge is 2.50. The van der Waals surface area contributed by atoms with Gasteiger partial charge in [0.25, 0.3) is 0 Å². The number of phenols is 1. The molecule has 6 rings (SSSR count). The fraction of sp³-hybridized carbons (Fsp3) is 0.148. The van der Waals surface area contributed by atoms with Crippen LogP contribution in [0.25, 0.3) is 22.0 Å². The maximum absolute atomic E-state index is 12.3. The maximum atomic E-state index is 12.3. The van der Waals surface area contributed by atoms with Crippen LogP contribution in [0.15, 0.2) is 59.7 Å². The van der Waals surface area contributed by atoms with E-state index in [2.05, 4.69) is 27.1 Å². The molecule has 2 aliphatic heterocycles. The lowest BCUT2D eigenvalue weighted by atomic mass is 9.94. The Labute approximate surface area is 200 Å². The van der Waals surface area contributed by atoms with Crippen LogP contribution in [-0.4, -0.2) is 44.2 Å². The first-order chi connectivity index (χ1) is 16.9. The van der Waals surface area contributed by atoms with E-state index in [9.17, 15) is 15.0 Å². The molecule has 0 unspecified atom stereocenters. The van der Waals surface area contributed by atoms with Gasteiger partial charge in [-0.2, -0.15) is 4.99 Å². The molecule has 1 atom stereocenters. The smallest absolute Gasteiger partial charge is 0.342 e. The molecule has 0 radical (unpaired) electrons. The molecule has 0 fully saturated rings. The van der Waals surface area contributed by atoms with Crippen LogP contribution in [0.4, 0.5) is 4.79 Å². The van der Waals surface area contributed by atoms with Crippen molar-refractivity contribution in [3.63, 3.8) is 0 Å². The number of nitrogens with zero attached hydrogens (tertiary/aromatic N) is 3. The number of aromatic nitrogens is 2. The molecule has 0 aliphatic carbocycles. The second-order valence-corrected chi connectivity index (χ2v) is 8.62. The van der Waals surface area contributed by atoms with Gasteiger partial charge in [-0.3, -0.25) is 4.98 Å². The van der Waals surface area contributed by atoms with Crippen LogP contribution in [0.2, 0.25) is 0 Å². The third-order valence-electron chi connectivity index (χ3n) is 6.50. The zero-order chi connectivity index (χ0) is 24.3. The van der Waals surface area contributed by atoms with E-state index in [4.69, 9.17) is 4.74 Å². The molecular formula is C27H20N4O4. The molecule has 2 amide bonds. The number of rotatable bonds is 2. The van der Waals surface area contributed by atoms with E-state index < -0.39 is 11.6 Å². The predicted octanol–water partition coefficient (Wildman–Crippen LogP) is 3.75. The van der Waals surface area contributed by atoms with Gasteiger partial charge in [-0.25, -0.2) is 4.79 Å². The van der Waals surface area contributed by atoms with E-state index in [0.717, 1.165) is 10.9 Å². The summed E-state index contributed by atoms with van der Waals surface area (Å²) in [5.74, 6) is 7.17. The number of carbonyl (C=O) groups is 1. The molecule has 0 saturated carbocycles. The number of urea groups is 1. The van der Waals surface area contributed by atoms with E-state index in [1.165, 1.54) is 0 Å². The molecule has 2 aromatic heterocycles. The molecular weight excluding hydrogens is 444 g/mol. The Morgan fingerprint density at radius 3 is 2.77 bits per heavy atom. The van der Waals surface area contributed by atoms with Crippen LogP contribution >= 0.6 is 0 Å². The summed E-state index contributed by atoms with van der Waals surface area (Å²) in [6.45, 7) is 2.06. The minimum absolute atomic E-state index is 0.0744. The predicted molar refractivity (Wildman–Crippen MR) is 131 cm³/mol. The lowest BCUT2D eigenvalue weighted by molar-refractivity contribution is 0.247. The molecule has 4 heterocycles. The quantitative estimate of drug-likeness (QED) is 0.392. The largest absolute Gasteiger partial charge is 0.507 e. The average Bonchev–Trinajstić information content (AvgIpc) is 3.44. The minimum atomic E-state index is -1.05. The number of hydrogen-bond donors (Lipinski definition) is 3. The maximum Gasteiger partial charge on any atom is 0.342 e. The summed E-state index contributed by atoms with van der Waals surface area (Å²) < 4.78 is 7.00. The molecule has 2 aromatic carbocycles. The number of amides is 2. The normalized spacial score (nSPS) is 17.9. The van der Waals surface area contributed by atoms with Crippen LogP contribution < -0.4 is 10.1 Å². The van der Waals surface area contributed by atoms with Crippen molar-refractivity contribution < 1.29 is 19.7 Å². The summed E-state index contributed by atoms with van der Waals surface area (Å²) >= 11 is 0. The number of aryl methyl sites for hydroxylation is 1. The van der Waals surface area contributed by atoms with Crippen molar-refractivity contribution in [3.05, 3.63) is 71.5 Å². The van der Waals surface area contributed by atoms with Gasteiger partial charge in [-0.15, -0.1) is 0 Å². The number of methoxy groups -OCH3 is 1. The van der Waals surface area contributed by atoms with Gasteiger partial charge in [0, 0.05) is 28.1 Å². The second kappa shape index (κ2) is 7.37. The van der Waals surface area contributed by atoms with Crippen LogP contribution in [0.3, 0.4) is 0 Å². The van der Waals surface area contributed by atoms with Gasteiger partial charge in [0.2, 0.25) is 0 Å². The van der Waals surface area contributed by atoms with E-state index in [1.54, 1.807) is 36.1 Å². The third-order valence-corrected chi connectivity index (χ3v) is 6.50. The van der Waals surface area contributed by atoms with Gasteiger partial charge in [0.1, 0.15) is 17.2 Å². The van der Waals surface area contributed by atoms with Crippen molar-refractivity contribution in [3.8, 4) is 40.5 Å². The van der Waals surface area contributed by atoms with E-state index in [0.29, 0.717) is 39.4 Å². The molecule has 0 saturated heterocycles. The van der Waals surface area contributed by atoms with Crippen molar-refractivity contribution in [1.29, 1.82) is 0 Å². The number of aromatic hydroxyl groups is 2. The Morgan fingerprint density at radius 1 is 1.14 bits per heavy atom. The zero-order valence-electron chi connectivity index (χ0n) is 19.0. The Hall–Kier alpha value is -4.77. The van der Waals surface area contributed by atoms with Gasteiger partial charge < -0.3 is 24.8 Å². The topological polar surface area (TPSA) is 109 Å². The summed E-state index contributed by atoms with van der Waals surface area (Å²) in [4.78, 5) is 21.0. The molecule has 2 aliphatic rings. The number of aliphatic imine (C=N–C) groups is 1. The number of phenolic OH excluding ortho intramolecular Hbond substituents is 1. The number of nitrogens with one attached hydrogen (secondary N) is 1. The Kier molecular flexibility index (Phi) is 4.38. The van der Waals surface area contributed by atoms with Crippen molar-refractivity contribution >= 4 is 22.5 Å². The van der Waals surface area contributed by atoms with Gasteiger partial charge in [-0.1, -0.05) is 24.0 Å². The number of carbonyl (C=O) groups excluding carboxylic acids is 1. The Balaban J connectivity index is 1.37. The van der Waals surface area contributed by atoms with Crippen LogP contribution in [0.1, 0.15) is 16.8 Å². The fourth-order valence-electron chi connectivity index (χ4n) is 4.72. The number of hydrogen-bond acceptors (Lipinski definition) is 5. The van der Waals surface area contributed by atoms with Gasteiger partial charge in [0.05, 0.1) is 25.0 Å². The lowest BCUT2D eigenvalue weighted by Crippen LogP contribution is -2.46. The Morgan fingerprint density at radius 2 is 2.00 bits per heavy atom. The number of benzene rings is 2. The summed E-state index contributed by atoms with van der Waals surface area (Å²) in [6, 6.07) is 14.1. The highest BCUT2D eigenvalue weighted by atomic mass is 16.5. The van der Waals surface area contributed by atoms with Gasteiger partial charge in [-0.05, 0) is 48.9 Å². The molecule has 172 valence electrons. The molecule has 0 spiro atoms. The number of fused-ring (bicyclic) bond motifs is 5. The fourth-order valence-corrected chi connectivity index (χ4v) is 4.72. The van der Waals surface area contributed by atoms with E-state index in [-0.39, 0.29) is 18.2 Å². The van der Waals surface area contributed by atoms with Gasteiger partial charge >= 0.3 is 6.03 Å².